The van der Waals surface area contributed by atoms with Gasteiger partial charge in [-0.25, -0.2) is 0 Å². The van der Waals surface area contributed by atoms with Gasteiger partial charge in [0.15, 0.2) is 6.29 Å². The van der Waals surface area contributed by atoms with Crippen LogP contribution in [-0.4, -0.2) is 29.0 Å². The largest absolute Gasteiger partial charge is 0.345 e. The molecular formula is C12H21N3O2. The summed E-state index contributed by atoms with van der Waals surface area (Å²) in [7, 11) is 1.91. The average Bonchev–Trinajstić information content (AvgIpc) is 2.81. The Morgan fingerprint density at radius 2 is 2.24 bits per heavy atom. The molecule has 1 aromatic heterocycles. The molecule has 0 spiro atoms. The fourth-order valence-corrected chi connectivity index (χ4v) is 2.00. The predicted octanol–water partition coefficient (Wildman–Crippen LogP) is 1.09. The van der Waals surface area contributed by atoms with Gasteiger partial charge < -0.3 is 15.2 Å². The summed E-state index contributed by atoms with van der Waals surface area (Å²) in [6.07, 6.45) is 1.63. The SMILES string of the molecule is Cn1cc(C2OCC(CN)O2)c(C(C)(C)C)n1. The van der Waals surface area contributed by atoms with E-state index in [-0.39, 0.29) is 17.8 Å². The molecule has 2 rings (SSSR count). The van der Waals surface area contributed by atoms with E-state index in [2.05, 4.69) is 25.9 Å². The lowest BCUT2D eigenvalue weighted by Crippen LogP contribution is -2.22. The summed E-state index contributed by atoms with van der Waals surface area (Å²) in [4.78, 5) is 0. The maximum absolute atomic E-state index is 5.75. The van der Waals surface area contributed by atoms with Crippen LogP contribution in [0.2, 0.25) is 0 Å². The van der Waals surface area contributed by atoms with E-state index in [1.165, 1.54) is 0 Å². The van der Waals surface area contributed by atoms with E-state index in [0.717, 1.165) is 11.3 Å². The summed E-state index contributed by atoms with van der Waals surface area (Å²) >= 11 is 0. The van der Waals surface area contributed by atoms with Crippen molar-refractivity contribution in [2.75, 3.05) is 13.2 Å². The molecule has 2 N–H and O–H groups in total. The van der Waals surface area contributed by atoms with E-state index >= 15 is 0 Å². The van der Waals surface area contributed by atoms with Crippen molar-refractivity contribution in [1.29, 1.82) is 0 Å². The second kappa shape index (κ2) is 4.40. The van der Waals surface area contributed by atoms with Crippen LogP contribution < -0.4 is 5.73 Å². The van der Waals surface area contributed by atoms with Crippen molar-refractivity contribution >= 4 is 0 Å². The molecule has 1 fully saturated rings. The van der Waals surface area contributed by atoms with Crippen molar-refractivity contribution in [2.45, 2.75) is 38.6 Å². The van der Waals surface area contributed by atoms with Crippen molar-refractivity contribution in [3.8, 4) is 0 Å². The first-order valence-electron chi connectivity index (χ1n) is 5.93. The van der Waals surface area contributed by atoms with Gasteiger partial charge in [-0.2, -0.15) is 5.10 Å². The highest BCUT2D eigenvalue weighted by atomic mass is 16.7. The highest BCUT2D eigenvalue weighted by Gasteiger charge is 2.33. The Morgan fingerprint density at radius 3 is 2.76 bits per heavy atom. The third-order valence-corrected chi connectivity index (χ3v) is 2.83. The Kier molecular flexibility index (Phi) is 3.25. The van der Waals surface area contributed by atoms with Gasteiger partial charge in [0.05, 0.1) is 18.4 Å². The molecule has 0 saturated carbocycles. The highest BCUT2D eigenvalue weighted by molar-refractivity contribution is 5.25. The molecule has 1 aliphatic heterocycles. The van der Waals surface area contributed by atoms with Crippen LogP contribution >= 0.6 is 0 Å². The Bertz CT molecular complexity index is 395. The Hall–Kier alpha value is -0.910. The zero-order valence-electron chi connectivity index (χ0n) is 10.9. The third kappa shape index (κ3) is 2.51. The topological polar surface area (TPSA) is 62.3 Å². The van der Waals surface area contributed by atoms with Gasteiger partial charge in [-0.3, -0.25) is 4.68 Å². The highest BCUT2D eigenvalue weighted by Crippen LogP contribution is 2.33. The second-order valence-corrected chi connectivity index (χ2v) is 5.52. The van der Waals surface area contributed by atoms with E-state index in [0.29, 0.717) is 13.2 Å². The van der Waals surface area contributed by atoms with E-state index < -0.39 is 0 Å². The first kappa shape index (κ1) is 12.5. The van der Waals surface area contributed by atoms with Crippen LogP contribution in [0.15, 0.2) is 6.20 Å². The minimum atomic E-state index is -0.327. The maximum Gasteiger partial charge on any atom is 0.187 e. The first-order chi connectivity index (χ1) is 7.91. The summed E-state index contributed by atoms with van der Waals surface area (Å²) in [6, 6.07) is 0. The monoisotopic (exact) mass is 239 g/mol. The molecule has 0 radical (unpaired) electrons. The van der Waals surface area contributed by atoms with E-state index in [1.807, 2.05) is 13.2 Å². The number of ether oxygens (including phenoxy) is 2. The van der Waals surface area contributed by atoms with Crippen LogP contribution in [0.25, 0.3) is 0 Å². The van der Waals surface area contributed by atoms with Crippen LogP contribution in [0.4, 0.5) is 0 Å². The molecule has 5 nitrogen and oxygen atoms in total. The minimum absolute atomic E-state index is 0.00646. The molecule has 1 aromatic rings. The molecule has 5 heteroatoms. The summed E-state index contributed by atoms with van der Waals surface area (Å²) in [6.45, 7) is 7.44. The van der Waals surface area contributed by atoms with Gasteiger partial charge in [-0.05, 0) is 0 Å². The molecule has 1 aliphatic rings. The lowest BCUT2D eigenvalue weighted by atomic mass is 9.89. The molecule has 0 aromatic carbocycles. The molecule has 0 amide bonds. The van der Waals surface area contributed by atoms with Gasteiger partial charge >= 0.3 is 0 Å². The summed E-state index contributed by atoms with van der Waals surface area (Å²) in [5, 5.41) is 4.50. The van der Waals surface area contributed by atoms with Gasteiger partial charge in [-0.1, -0.05) is 20.8 Å². The normalized spacial score (nSPS) is 25.5. The van der Waals surface area contributed by atoms with Crippen LogP contribution in [0.1, 0.15) is 38.3 Å². The Balaban J connectivity index is 2.27. The predicted molar refractivity (Wildman–Crippen MR) is 64.5 cm³/mol. The van der Waals surface area contributed by atoms with Crippen LogP contribution in [0, 0.1) is 0 Å². The maximum atomic E-state index is 5.75. The summed E-state index contributed by atoms with van der Waals surface area (Å²) in [5.41, 5.74) is 7.58. The molecule has 0 aliphatic carbocycles. The summed E-state index contributed by atoms with van der Waals surface area (Å²) in [5.74, 6) is 0. The molecule has 1 saturated heterocycles. The first-order valence-corrected chi connectivity index (χ1v) is 5.93. The molecule has 0 bridgehead atoms. The van der Waals surface area contributed by atoms with Crippen molar-refractivity contribution in [3.05, 3.63) is 17.5 Å². The average molecular weight is 239 g/mol. The second-order valence-electron chi connectivity index (χ2n) is 5.52. The third-order valence-electron chi connectivity index (χ3n) is 2.83. The number of hydrogen-bond acceptors (Lipinski definition) is 4. The van der Waals surface area contributed by atoms with Crippen LogP contribution in [0.3, 0.4) is 0 Å². The van der Waals surface area contributed by atoms with Crippen molar-refractivity contribution in [1.82, 2.24) is 9.78 Å². The number of rotatable bonds is 2. The van der Waals surface area contributed by atoms with Crippen molar-refractivity contribution < 1.29 is 9.47 Å². The van der Waals surface area contributed by atoms with Crippen molar-refractivity contribution in [2.24, 2.45) is 12.8 Å². The smallest absolute Gasteiger partial charge is 0.187 e. The lowest BCUT2D eigenvalue weighted by Gasteiger charge is -2.19. The quantitative estimate of drug-likeness (QED) is 0.839. The zero-order chi connectivity index (χ0) is 12.6. The molecule has 17 heavy (non-hydrogen) atoms. The van der Waals surface area contributed by atoms with E-state index in [1.54, 1.807) is 4.68 Å². The summed E-state index contributed by atoms with van der Waals surface area (Å²) < 4.78 is 13.2. The Labute approximate surface area is 102 Å². The zero-order valence-corrected chi connectivity index (χ0v) is 10.9. The van der Waals surface area contributed by atoms with Gasteiger partial charge in [0.2, 0.25) is 0 Å². The number of aromatic nitrogens is 2. The number of hydrogen-bond donors (Lipinski definition) is 1. The number of nitrogens with zero attached hydrogens (tertiary/aromatic N) is 2. The molecule has 2 heterocycles. The van der Waals surface area contributed by atoms with Gasteiger partial charge in [0, 0.05) is 30.8 Å². The van der Waals surface area contributed by atoms with Crippen LogP contribution in [0.5, 0.6) is 0 Å². The Morgan fingerprint density at radius 1 is 1.53 bits per heavy atom. The van der Waals surface area contributed by atoms with Gasteiger partial charge in [-0.15, -0.1) is 0 Å². The fourth-order valence-electron chi connectivity index (χ4n) is 2.00. The van der Waals surface area contributed by atoms with Gasteiger partial charge in [0.1, 0.15) is 0 Å². The fraction of sp³-hybridized carbons (Fsp3) is 0.750. The van der Waals surface area contributed by atoms with E-state index in [4.69, 9.17) is 15.2 Å². The minimum Gasteiger partial charge on any atom is -0.345 e. The molecule has 96 valence electrons. The standard InChI is InChI=1S/C12H21N3O2/c1-12(2,3)10-9(6-15(4)14-10)11-16-7-8(5-13)17-11/h6,8,11H,5,7,13H2,1-4H3. The molecule has 2 unspecified atom stereocenters. The van der Waals surface area contributed by atoms with E-state index in [9.17, 15) is 0 Å². The van der Waals surface area contributed by atoms with Crippen LogP contribution in [-0.2, 0) is 21.9 Å². The molecular weight excluding hydrogens is 218 g/mol. The number of nitrogens with two attached hydrogens (primary N) is 1. The lowest BCUT2D eigenvalue weighted by molar-refractivity contribution is -0.0596. The molecule has 2 atom stereocenters. The van der Waals surface area contributed by atoms with Crippen molar-refractivity contribution in [3.63, 3.8) is 0 Å². The van der Waals surface area contributed by atoms with Gasteiger partial charge in [0.25, 0.3) is 0 Å². The number of aryl methyl sites for hydroxylation is 1.